The van der Waals surface area contributed by atoms with Gasteiger partial charge in [0, 0.05) is 18.7 Å². The highest BCUT2D eigenvalue weighted by Gasteiger charge is 2.23. The second-order valence-corrected chi connectivity index (χ2v) is 8.46. The first-order valence-electron chi connectivity index (χ1n) is 10.5. The van der Waals surface area contributed by atoms with Crippen molar-refractivity contribution in [2.24, 2.45) is 4.99 Å². The Hall–Kier alpha value is -3.64. The molecule has 5 nitrogen and oxygen atoms in total. The third kappa shape index (κ3) is 3.85. The Morgan fingerprint density at radius 1 is 1.00 bits per heavy atom. The predicted octanol–water partition coefficient (Wildman–Crippen LogP) is 4.92. The summed E-state index contributed by atoms with van der Waals surface area (Å²) in [7, 11) is 0. The first-order chi connectivity index (χ1) is 15.7. The zero-order valence-corrected chi connectivity index (χ0v) is 18.3. The van der Waals surface area contributed by atoms with Crippen molar-refractivity contribution in [1.82, 2.24) is 4.57 Å². The van der Waals surface area contributed by atoms with Crippen LogP contribution in [0.3, 0.4) is 0 Å². The van der Waals surface area contributed by atoms with Gasteiger partial charge in [-0.05, 0) is 11.1 Å². The number of benzene rings is 3. The van der Waals surface area contributed by atoms with Crippen LogP contribution in [0, 0.1) is 0 Å². The molecule has 1 aliphatic rings. The number of rotatable bonds is 5. The minimum atomic E-state index is -0.473. The topological polar surface area (TPSA) is 52.8 Å². The summed E-state index contributed by atoms with van der Waals surface area (Å²) in [6, 6.07) is 23.5. The molecule has 0 radical (unpaired) electrons. The van der Waals surface area contributed by atoms with E-state index >= 15 is 0 Å². The number of hydrogen-bond donors (Lipinski definition) is 0. The van der Waals surface area contributed by atoms with Crippen LogP contribution in [0.15, 0.2) is 90.4 Å². The van der Waals surface area contributed by atoms with Gasteiger partial charge in [-0.15, -0.1) is 6.58 Å². The van der Waals surface area contributed by atoms with Gasteiger partial charge >= 0.3 is 0 Å². The van der Waals surface area contributed by atoms with Gasteiger partial charge in [-0.2, -0.15) is 4.99 Å². The second kappa shape index (κ2) is 8.85. The van der Waals surface area contributed by atoms with Gasteiger partial charge in [0.2, 0.25) is 0 Å². The van der Waals surface area contributed by atoms with Gasteiger partial charge in [0.25, 0.3) is 5.91 Å². The van der Waals surface area contributed by atoms with E-state index in [-0.39, 0.29) is 5.91 Å². The van der Waals surface area contributed by atoms with Gasteiger partial charge < -0.3 is 14.0 Å². The fourth-order valence-electron chi connectivity index (χ4n) is 3.92. The van der Waals surface area contributed by atoms with Crippen molar-refractivity contribution in [1.29, 1.82) is 0 Å². The highest BCUT2D eigenvalue weighted by Crippen LogP contribution is 2.35. The van der Waals surface area contributed by atoms with Crippen molar-refractivity contribution in [2.75, 3.05) is 13.2 Å². The molecule has 6 heteroatoms. The number of fused-ring (bicyclic) bond motifs is 2. The molecule has 32 heavy (non-hydrogen) atoms. The highest BCUT2D eigenvalue weighted by atomic mass is 32.1. The Labute approximate surface area is 189 Å². The van der Waals surface area contributed by atoms with E-state index in [0.29, 0.717) is 30.3 Å². The molecule has 3 aromatic carbocycles. The van der Waals surface area contributed by atoms with E-state index in [9.17, 15) is 4.79 Å². The molecule has 0 saturated heterocycles. The summed E-state index contributed by atoms with van der Waals surface area (Å²) >= 11 is 1.46. The van der Waals surface area contributed by atoms with Gasteiger partial charge in [-0.1, -0.05) is 78.1 Å². The third-order valence-electron chi connectivity index (χ3n) is 5.38. The summed E-state index contributed by atoms with van der Waals surface area (Å²) in [6.45, 7) is 5.47. The molecule has 2 heterocycles. The molecule has 160 valence electrons. The van der Waals surface area contributed by atoms with Crippen LogP contribution >= 0.6 is 11.3 Å². The molecule has 1 aromatic heterocycles. The maximum Gasteiger partial charge on any atom is 0.260 e. The average molecular weight is 443 g/mol. The minimum Gasteiger partial charge on any atom is -0.486 e. The Bertz CT molecular complexity index is 1300. The maximum absolute atomic E-state index is 13.6. The SMILES string of the molecule is C=CCn1c(=NC(=O)C(c2ccccc2)c2ccccc2)sc2cc3c(cc21)OCCO3. The van der Waals surface area contributed by atoms with E-state index in [4.69, 9.17) is 9.47 Å². The zero-order valence-electron chi connectivity index (χ0n) is 17.4. The summed E-state index contributed by atoms with van der Waals surface area (Å²) < 4.78 is 14.5. The molecule has 1 aliphatic heterocycles. The standard InChI is InChI=1S/C26H22N2O3S/c1-2-13-28-20-16-21-22(31-15-14-30-21)17-23(20)32-26(28)27-25(29)24(18-9-5-3-6-10-18)19-11-7-4-8-12-19/h2-12,16-17,24H,1,13-15H2. The summed E-state index contributed by atoms with van der Waals surface area (Å²) in [6.07, 6.45) is 1.80. The lowest BCUT2D eigenvalue weighted by Crippen LogP contribution is -2.20. The molecule has 0 N–H and O–H groups in total. The Morgan fingerprint density at radius 2 is 1.59 bits per heavy atom. The monoisotopic (exact) mass is 442 g/mol. The number of carbonyl (C=O) groups excluding carboxylic acids is 1. The predicted molar refractivity (Wildman–Crippen MR) is 126 cm³/mol. The molecular formula is C26H22N2O3S. The Morgan fingerprint density at radius 3 is 2.19 bits per heavy atom. The van der Waals surface area contributed by atoms with E-state index < -0.39 is 5.92 Å². The smallest absolute Gasteiger partial charge is 0.260 e. The van der Waals surface area contributed by atoms with E-state index in [1.165, 1.54) is 11.3 Å². The van der Waals surface area contributed by atoms with Crippen molar-refractivity contribution >= 4 is 27.5 Å². The lowest BCUT2D eigenvalue weighted by atomic mass is 9.91. The van der Waals surface area contributed by atoms with Crippen molar-refractivity contribution in [3.05, 3.63) is 101 Å². The van der Waals surface area contributed by atoms with E-state index in [1.54, 1.807) is 6.08 Å². The fraction of sp³-hybridized carbons (Fsp3) is 0.154. The third-order valence-corrected chi connectivity index (χ3v) is 6.42. The van der Waals surface area contributed by atoms with E-state index in [1.807, 2.05) is 77.4 Å². The number of nitrogens with zero attached hydrogens (tertiary/aromatic N) is 2. The zero-order chi connectivity index (χ0) is 21.9. The van der Waals surface area contributed by atoms with Crippen LogP contribution in [0.2, 0.25) is 0 Å². The van der Waals surface area contributed by atoms with Crippen molar-refractivity contribution in [2.45, 2.75) is 12.5 Å². The fourth-order valence-corrected chi connectivity index (χ4v) is 4.98. The van der Waals surface area contributed by atoms with Crippen LogP contribution in [0.5, 0.6) is 11.5 Å². The number of aromatic nitrogens is 1. The lowest BCUT2D eigenvalue weighted by molar-refractivity contribution is -0.118. The minimum absolute atomic E-state index is 0.205. The average Bonchev–Trinajstić information content (AvgIpc) is 3.15. The largest absolute Gasteiger partial charge is 0.486 e. The van der Waals surface area contributed by atoms with Crippen LogP contribution in [-0.4, -0.2) is 23.7 Å². The van der Waals surface area contributed by atoms with Crippen LogP contribution in [0.4, 0.5) is 0 Å². The lowest BCUT2D eigenvalue weighted by Gasteiger charge is -2.18. The molecule has 0 fully saturated rings. The molecule has 0 saturated carbocycles. The van der Waals surface area contributed by atoms with Gasteiger partial charge in [0.15, 0.2) is 16.3 Å². The molecule has 1 amide bonds. The van der Waals surface area contributed by atoms with Crippen LogP contribution in [-0.2, 0) is 11.3 Å². The summed E-state index contributed by atoms with van der Waals surface area (Å²) in [5, 5.41) is 0. The molecule has 0 unspecified atom stereocenters. The second-order valence-electron chi connectivity index (χ2n) is 7.45. The van der Waals surface area contributed by atoms with Crippen molar-refractivity contribution in [3.63, 3.8) is 0 Å². The molecule has 4 aromatic rings. The summed E-state index contributed by atoms with van der Waals surface area (Å²) in [5.74, 6) is 0.757. The first-order valence-corrected chi connectivity index (χ1v) is 11.3. The number of hydrogen-bond acceptors (Lipinski definition) is 4. The quantitative estimate of drug-likeness (QED) is 0.412. The van der Waals surface area contributed by atoms with E-state index in [2.05, 4.69) is 11.6 Å². The normalized spacial score (nSPS) is 13.5. The van der Waals surface area contributed by atoms with Gasteiger partial charge in [0.1, 0.15) is 13.2 Å². The molecule has 0 aliphatic carbocycles. The maximum atomic E-state index is 13.6. The molecular weight excluding hydrogens is 420 g/mol. The number of ether oxygens (including phenoxy) is 2. The van der Waals surface area contributed by atoms with Crippen molar-refractivity contribution in [3.8, 4) is 11.5 Å². The Kier molecular flexibility index (Phi) is 5.60. The van der Waals surface area contributed by atoms with Crippen molar-refractivity contribution < 1.29 is 14.3 Å². The van der Waals surface area contributed by atoms with Crippen LogP contribution in [0.25, 0.3) is 10.2 Å². The van der Waals surface area contributed by atoms with E-state index in [0.717, 1.165) is 27.1 Å². The highest BCUT2D eigenvalue weighted by molar-refractivity contribution is 7.16. The number of amides is 1. The molecule has 0 spiro atoms. The summed E-state index contributed by atoms with van der Waals surface area (Å²) in [4.78, 5) is 18.8. The number of carbonyl (C=O) groups is 1. The Balaban J connectivity index is 1.65. The number of allylic oxidation sites excluding steroid dienone is 1. The van der Waals surface area contributed by atoms with Gasteiger partial charge in [-0.25, -0.2) is 0 Å². The van der Waals surface area contributed by atoms with Crippen LogP contribution < -0.4 is 14.3 Å². The molecule has 0 atom stereocenters. The van der Waals surface area contributed by atoms with Gasteiger partial charge in [0.05, 0.1) is 16.1 Å². The first kappa shape index (κ1) is 20.3. The van der Waals surface area contributed by atoms with Gasteiger partial charge in [-0.3, -0.25) is 4.79 Å². The summed E-state index contributed by atoms with van der Waals surface area (Å²) in [5.41, 5.74) is 2.78. The van der Waals surface area contributed by atoms with Crippen LogP contribution in [0.1, 0.15) is 17.0 Å². The molecule has 0 bridgehead atoms. The molecule has 5 rings (SSSR count). The number of thiazole rings is 1.